The van der Waals surface area contributed by atoms with E-state index in [-0.39, 0.29) is 5.75 Å². The minimum Gasteiger partial charge on any atom is -0.481 e. The maximum atomic E-state index is 10.4. The number of nitrogens with zero attached hydrogens (tertiary/aromatic N) is 2. The highest BCUT2D eigenvalue weighted by molar-refractivity contribution is 7.99. The summed E-state index contributed by atoms with van der Waals surface area (Å²) in [6.45, 7) is 5.22. The van der Waals surface area contributed by atoms with E-state index in [2.05, 4.69) is 18.8 Å². The van der Waals surface area contributed by atoms with Gasteiger partial charge in [-0.15, -0.1) is 0 Å². The molecule has 5 heteroatoms. The van der Waals surface area contributed by atoms with Crippen LogP contribution >= 0.6 is 11.8 Å². The van der Waals surface area contributed by atoms with Crippen LogP contribution in [0, 0.1) is 5.92 Å². The first kappa shape index (κ1) is 12.1. The molecule has 0 saturated heterocycles. The minimum atomic E-state index is -0.807. The highest BCUT2D eigenvalue weighted by Crippen LogP contribution is 2.17. The van der Waals surface area contributed by atoms with Crippen molar-refractivity contribution < 1.29 is 9.90 Å². The molecule has 1 N–H and O–H groups in total. The molecule has 15 heavy (non-hydrogen) atoms. The number of carboxylic acid groups (broad SMARTS) is 1. The summed E-state index contributed by atoms with van der Waals surface area (Å²) < 4.78 is 2.02. The molecule has 4 nitrogen and oxygen atoms in total. The van der Waals surface area contributed by atoms with Crippen LogP contribution in [0.15, 0.2) is 17.6 Å². The van der Waals surface area contributed by atoms with Gasteiger partial charge in [-0.05, 0) is 5.92 Å². The Morgan fingerprint density at radius 1 is 1.73 bits per heavy atom. The fraction of sp³-hybridized carbons (Fsp3) is 0.600. The van der Waals surface area contributed by atoms with Crippen LogP contribution in [-0.4, -0.2) is 26.4 Å². The molecular weight excluding hydrogens is 212 g/mol. The van der Waals surface area contributed by atoms with Crippen molar-refractivity contribution in [1.29, 1.82) is 0 Å². The summed E-state index contributed by atoms with van der Waals surface area (Å²) in [5, 5.41) is 9.36. The molecule has 0 bridgehead atoms. The quantitative estimate of drug-likeness (QED) is 0.758. The van der Waals surface area contributed by atoms with E-state index in [0.29, 0.717) is 5.92 Å². The van der Waals surface area contributed by atoms with Gasteiger partial charge in [-0.3, -0.25) is 4.79 Å². The van der Waals surface area contributed by atoms with Gasteiger partial charge in [0.2, 0.25) is 0 Å². The Hall–Kier alpha value is -0.970. The van der Waals surface area contributed by atoms with Crippen molar-refractivity contribution in [2.75, 3.05) is 5.75 Å². The normalized spacial score (nSPS) is 12.7. The molecule has 0 aliphatic heterocycles. The predicted molar refractivity (Wildman–Crippen MR) is 60.0 cm³/mol. The SMILES string of the molecule is CCC(C)Cn1ccnc1SCC(=O)O. The van der Waals surface area contributed by atoms with E-state index in [0.717, 1.165) is 18.1 Å². The van der Waals surface area contributed by atoms with Crippen LogP contribution in [0.4, 0.5) is 0 Å². The second-order valence-corrected chi connectivity index (χ2v) is 4.50. The average Bonchev–Trinajstić information content (AvgIpc) is 2.62. The molecule has 1 unspecified atom stereocenters. The van der Waals surface area contributed by atoms with Gasteiger partial charge in [-0.2, -0.15) is 0 Å². The molecule has 0 aliphatic rings. The molecule has 1 aromatic heterocycles. The maximum absolute atomic E-state index is 10.4. The van der Waals surface area contributed by atoms with Gasteiger partial charge in [0.25, 0.3) is 0 Å². The van der Waals surface area contributed by atoms with Crippen molar-refractivity contribution >= 4 is 17.7 Å². The molecule has 1 rings (SSSR count). The number of imidazole rings is 1. The molecule has 0 aromatic carbocycles. The highest BCUT2D eigenvalue weighted by atomic mass is 32.2. The lowest BCUT2D eigenvalue weighted by Gasteiger charge is -2.11. The van der Waals surface area contributed by atoms with Crippen LogP contribution in [-0.2, 0) is 11.3 Å². The van der Waals surface area contributed by atoms with Gasteiger partial charge in [0.15, 0.2) is 5.16 Å². The topological polar surface area (TPSA) is 55.1 Å². The summed E-state index contributed by atoms with van der Waals surface area (Å²) >= 11 is 1.27. The van der Waals surface area contributed by atoms with Gasteiger partial charge in [0, 0.05) is 18.9 Å². The first-order valence-electron chi connectivity index (χ1n) is 4.99. The number of carbonyl (C=O) groups is 1. The van der Waals surface area contributed by atoms with Gasteiger partial charge in [0.1, 0.15) is 0 Å². The van der Waals surface area contributed by atoms with E-state index in [1.165, 1.54) is 11.8 Å². The van der Waals surface area contributed by atoms with Crippen LogP contribution in [0.3, 0.4) is 0 Å². The zero-order valence-corrected chi connectivity index (χ0v) is 9.83. The predicted octanol–water partition coefficient (Wildman–Crippen LogP) is 2.11. The lowest BCUT2D eigenvalue weighted by atomic mass is 10.1. The van der Waals surface area contributed by atoms with Crippen LogP contribution < -0.4 is 0 Å². The Morgan fingerprint density at radius 2 is 2.47 bits per heavy atom. The number of aliphatic carboxylic acids is 1. The van der Waals surface area contributed by atoms with E-state index in [4.69, 9.17) is 5.11 Å². The molecule has 0 aliphatic carbocycles. The third kappa shape index (κ3) is 3.95. The lowest BCUT2D eigenvalue weighted by Crippen LogP contribution is -2.08. The van der Waals surface area contributed by atoms with Gasteiger partial charge in [0.05, 0.1) is 5.75 Å². The van der Waals surface area contributed by atoms with Crippen molar-refractivity contribution in [2.24, 2.45) is 5.92 Å². The minimum absolute atomic E-state index is 0.0670. The number of thioether (sulfide) groups is 1. The second-order valence-electron chi connectivity index (χ2n) is 3.56. The fourth-order valence-corrected chi connectivity index (χ4v) is 1.85. The summed E-state index contributed by atoms with van der Waals surface area (Å²) in [6, 6.07) is 0. The number of hydrogen-bond donors (Lipinski definition) is 1. The first-order chi connectivity index (χ1) is 7.13. The van der Waals surface area contributed by atoms with E-state index in [9.17, 15) is 4.79 Å². The van der Waals surface area contributed by atoms with E-state index < -0.39 is 5.97 Å². The molecule has 84 valence electrons. The second kappa shape index (κ2) is 5.80. The molecular formula is C10H16N2O2S. The lowest BCUT2D eigenvalue weighted by molar-refractivity contribution is -0.133. The molecule has 0 saturated carbocycles. The van der Waals surface area contributed by atoms with Crippen LogP contribution in [0.25, 0.3) is 0 Å². The zero-order chi connectivity index (χ0) is 11.3. The largest absolute Gasteiger partial charge is 0.481 e. The summed E-state index contributed by atoms with van der Waals surface area (Å²) in [7, 11) is 0. The highest BCUT2D eigenvalue weighted by Gasteiger charge is 2.08. The number of hydrogen-bond acceptors (Lipinski definition) is 3. The molecule has 1 aromatic rings. The van der Waals surface area contributed by atoms with Gasteiger partial charge < -0.3 is 9.67 Å². The van der Waals surface area contributed by atoms with Crippen molar-refractivity contribution in [3.63, 3.8) is 0 Å². The van der Waals surface area contributed by atoms with E-state index in [1.54, 1.807) is 6.20 Å². The Kier molecular flexibility index (Phi) is 4.68. The summed E-state index contributed by atoms with van der Waals surface area (Å²) in [5.41, 5.74) is 0. The Balaban J connectivity index is 2.56. The van der Waals surface area contributed by atoms with Crippen LogP contribution in [0.1, 0.15) is 20.3 Å². The molecule has 0 fully saturated rings. The summed E-state index contributed by atoms with van der Waals surface area (Å²) in [6.07, 6.45) is 4.73. The summed E-state index contributed by atoms with van der Waals surface area (Å²) in [5.74, 6) is -0.154. The third-order valence-electron chi connectivity index (χ3n) is 2.21. The molecule has 0 spiro atoms. The standard InChI is InChI=1S/C10H16N2O2S/c1-3-8(2)6-12-5-4-11-10(12)15-7-9(13)14/h4-5,8H,3,6-7H2,1-2H3,(H,13,14). The first-order valence-corrected chi connectivity index (χ1v) is 5.97. The average molecular weight is 228 g/mol. The smallest absolute Gasteiger partial charge is 0.313 e. The maximum Gasteiger partial charge on any atom is 0.313 e. The van der Waals surface area contributed by atoms with Crippen LogP contribution in [0.2, 0.25) is 0 Å². The van der Waals surface area contributed by atoms with Crippen molar-refractivity contribution in [3.05, 3.63) is 12.4 Å². The Labute approximate surface area is 93.7 Å². The fourth-order valence-electron chi connectivity index (χ4n) is 1.17. The molecule has 1 heterocycles. The van der Waals surface area contributed by atoms with Gasteiger partial charge in [-0.25, -0.2) is 4.98 Å². The van der Waals surface area contributed by atoms with Gasteiger partial charge in [-0.1, -0.05) is 32.0 Å². The Bertz CT molecular complexity index is 325. The van der Waals surface area contributed by atoms with Crippen molar-refractivity contribution in [1.82, 2.24) is 9.55 Å². The molecule has 0 amide bonds. The van der Waals surface area contributed by atoms with Crippen molar-refractivity contribution in [3.8, 4) is 0 Å². The molecule has 0 radical (unpaired) electrons. The number of rotatable bonds is 6. The third-order valence-corrected chi connectivity index (χ3v) is 3.20. The van der Waals surface area contributed by atoms with E-state index >= 15 is 0 Å². The van der Waals surface area contributed by atoms with E-state index in [1.807, 2.05) is 10.8 Å². The summed E-state index contributed by atoms with van der Waals surface area (Å²) in [4.78, 5) is 14.6. The number of carboxylic acids is 1. The number of aromatic nitrogens is 2. The Morgan fingerprint density at radius 3 is 3.07 bits per heavy atom. The molecule has 1 atom stereocenters. The van der Waals surface area contributed by atoms with Gasteiger partial charge >= 0.3 is 5.97 Å². The zero-order valence-electron chi connectivity index (χ0n) is 9.01. The van der Waals surface area contributed by atoms with Crippen LogP contribution in [0.5, 0.6) is 0 Å². The monoisotopic (exact) mass is 228 g/mol. The van der Waals surface area contributed by atoms with Crippen molar-refractivity contribution in [2.45, 2.75) is 32.0 Å².